The summed E-state index contributed by atoms with van der Waals surface area (Å²) in [5.41, 5.74) is 7.06. The molecule has 2 N–H and O–H groups in total. The molecule has 0 amide bonds. The molecular formula is C15H23Cl2N3. The third kappa shape index (κ3) is 3.29. The standard InChI is InChI=1S/C15H23Cl2N3/c1-10-8-20(9-11(2)19(10)3)15(7-18)13-6-12(16)4-5-14(13)17/h4-6,10-11,15H,7-9,18H2,1-3H3. The van der Waals surface area contributed by atoms with Crippen molar-refractivity contribution in [3.05, 3.63) is 33.8 Å². The Balaban J connectivity index is 2.26. The summed E-state index contributed by atoms with van der Waals surface area (Å²) in [5, 5.41) is 1.45. The number of hydrogen-bond acceptors (Lipinski definition) is 3. The van der Waals surface area contributed by atoms with E-state index in [0.29, 0.717) is 23.7 Å². The lowest BCUT2D eigenvalue weighted by atomic mass is 10.0. The van der Waals surface area contributed by atoms with Crippen LogP contribution in [0.1, 0.15) is 25.5 Å². The number of benzene rings is 1. The van der Waals surface area contributed by atoms with E-state index in [-0.39, 0.29) is 6.04 Å². The molecule has 0 aromatic heterocycles. The predicted molar refractivity (Wildman–Crippen MR) is 86.5 cm³/mol. The Morgan fingerprint density at radius 1 is 1.25 bits per heavy atom. The van der Waals surface area contributed by atoms with Crippen LogP contribution in [0.5, 0.6) is 0 Å². The van der Waals surface area contributed by atoms with E-state index in [1.807, 2.05) is 18.2 Å². The second kappa shape index (κ2) is 6.63. The van der Waals surface area contributed by atoms with Gasteiger partial charge in [0.25, 0.3) is 0 Å². The summed E-state index contributed by atoms with van der Waals surface area (Å²) in [5.74, 6) is 0. The van der Waals surface area contributed by atoms with E-state index in [2.05, 4.69) is 30.7 Å². The minimum Gasteiger partial charge on any atom is -0.329 e. The van der Waals surface area contributed by atoms with Crippen molar-refractivity contribution in [2.45, 2.75) is 32.0 Å². The number of likely N-dealkylation sites (N-methyl/N-ethyl adjacent to an activating group) is 1. The lowest BCUT2D eigenvalue weighted by Crippen LogP contribution is -2.56. The summed E-state index contributed by atoms with van der Waals surface area (Å²) in [7, 11) is 2.18. The number of nitrogens with two attached hydrogens (primary N) is 1. The van der Waals surface area contributed by atoms with Gasteiger partial charge in [0.15, 0.2) is 0 Å². The molecule has 3 unspecified atom stereocenters. The second-order valence-electron chi connectivity index (χ2n) is 5.73. The van der Waals surface area contributed by atoms with Crippen molar-refractivity contribution >= 4 is 23.2 Å². The highest BCUT2D eigenvalue weighted by Crippen LogP contribution is 2.31. The minimum absolute atomic E-state index is 0.125. The zero-order valence-corrected chi connectivity index (χ0v) is 13.8. The maximum atomic E-state index is 6.34. The Bertz CT molecular complexity index is 454. The third-order valence-corrected chi connectivity index (χ3v) is 4.95. The first-order valence-corrected chi connectivity index (χ1v) is 7.80. The van der Waals surface area contributed by atoms with Crippen molar-refractivity contribution < 1.29 is 0 Å². The molecule has 1 aromatic carbocycles. The van der Waals surface area contributed by atoms with E-state index in [4.69, 9.17) is 28.9 Å². The highest BCUT2D eigenvalue weighted by Gasteiger charge is 2.31. The van der Waals surface area contributed by atoms with Gasteiger partial charge in [0, 0.05) is 47.8 Å². The van der Waals surface area contributed by atoms with Gasteiger partial charge in [0.05, 0.1) is 0 Å². The number of rotatable bonds is 3. The van der Waals surface area contributed by atoms with Gasteiger partial charge in [-0.3, -0.25) is 9.80 Å². The average molecular weight is 316 g/mol. The molecule has 112 valence electrons. The van der Waals surface area contributed by atoms with Crippen molar-refractivity contribution in [3.63, 3.8) is 0 Å². The minimum atomic E-state index is 0.125. The topological polar surface area (TPSA) is 32.5 Å². The molecule has 0 aliphatic carbocycles. The van der Waals surface area contributed by atoms with Crippen molar-refractivity contribution in [1.29, 1.82) is 0 Å². The summed E-state index contributed by atoms with van der Waals surface area (Å²) in [6, 6.07) is 6.74. The molecule has 1 aromatic rings. The summed E-state index contributed by atoms with van der Waals surface area (Å²) in [4.78, 5) is 4.83. The molecule has 1 aliphatic heterocycles. The predicted octanol–water partition coefficient (Wildman–Crippen LogP) is 3.02. The van der Waals surface area contributed by atoms with Gasteiger partial charge in [-0.2, -0.15) is 0 Å². The number of nitrogens with zero attached hydrogens (tertiary/aromatic N) is 2. The van der Waals surface area contributed by atoms with E-state index in [9.17, 15) is 0 Å². The normalized spacial score (nSPS) is 26.7. The average Bonchev–Trinajstić information content (AvgIpc) is 2.40. The van der Waals surface area contributed by atoms with Crippen LogP contribution in [0.15, 0.2) is 18.2 Å². The van der Waals surface area contributed by atoms with Crippen LogP contribution in [-0.2, 0) is 0 Å². The highest BCUT2D eigenvalue weighted by atomic mass is 35.5. The van der Waals surface area contributed by atoms with Crippen LogP contribution in [-0.4, -0.2) is 48.6 Å². The van der Waals surface area contributed by atoms with Crippen LogP contribution in [0.4, 0.5) is 0 Å². The lowest BCUT2D eigenvalue weighted by molar-refractivity contribution is 0.0352. The fourth-order valence-corrected chi connectivity index (χ4v) is 3.37. The SMILES string of the molecule is CC1CN(C(CN)c2cc(Cl)ccc2Cl)CC(C)N1C. The molecular weight excluding hydrogens is 293 g/mol. The van der Waals surface area contributed by atoms with Crippen molar-refractivity contribution in [2.24, 2.45) is 5.73 Å². The quantitative estimate of drug-likeness (QED) is 0.930. The molecule has 5 heteroatoms. The number of piperazine rings is 1. The van der Waals surface area contributed by atoms with E-state index in [0.717, 1.165) is 23.7 Å². The van der Waals surface area contributed by atoms with Gasteiger partial charge in [-0.15, -0.1) is 0 Å². The van der Waals surface area contributed by atoms with Gasteiger partial charge < -0.3 is 5.73 Å². The first-order chi connectivity index (χ1) is 9.43. The largest absolute Gasteiger partial charge is 0.329 e. The Hall–Kier alpha value is -0.320. The van der Waals surface area contributed by atoms with E-state index >= 15 is 0 Å². The van der Waals surface area contributed by atoms with Gasteiger partial charge in [-0.05, 0) is 44.7 Å². The fraction of sp³-hybridized carbons (Fsp3) is 0.600. The maximum absolute atomic E-state index is 6.34. The van der Waals surface area contributed by atoms with Crippen molar-refractivity contribution in [3.8, 4) is 0 Å². The molecule has 1 saturated heterocycles. The summed E-state index contributed by atoms with van der Waals surface area (Å²) in [6.07, 6.45) is 0. The first-order valence-electron chi connectivity index (χ1n) is 7.05. The van der Waals surface area contributed by atoms with Gasteiger partial charge in [-0.1, -0.05) is 23.2 Å². The van der Waals surface area contributed by atoms with Gasteiger partial charge in [0.1, 0.15) is 0 Å². The smallest absolute Gasteiger partial charge is 0.0487 e. The molecule has 3 nitrogen and oxygen atoms in total. The Morgan fingerprint density at radius 3 is 2.40 bits per heavy atom. The monoisotopic (exact) mass is 315 g/mol. The van der Waals surface area contributed by atoms with Gasteiger partial charge >= 0.3 is 0 Å². The molecule has 1 aliphatic rings. The molecule has 2 rings (SSSR count). The Kier molecular flexibility index (Phi) is 5.32. The second-order valence-corrected chi connectivity index (χ2v) is 6.58. The molecule has 3 atom stereocenters. The van der Waals surface area contributed by atoms with Crippen LogP contribution >= 0.6 is 23.2 Å². The number of hydrogen-bond donors (Lipinski definition) is 1. The molecule has 1 heterocycles. The van der Waals surface area contributed by atoms with Gasteiger partial charge in [-0.25, -0.2) is 0 Å². The van der Waals surface area contributed by atoms with Crippen molar-refractivity contribution in [1.82, 2.24) is 9.80 Å². The van der Waals surface area contributed by atoms with E-state index < -0.39 is 0 Å². The van der Waals surface area contributed by atoms with Crippen molar-refractivity contribution in [2.75, 3.05) is 26.7 Å². The molecule has 0 saturated carbocycles. The zero-order chi connectivity index (χ0) is 14.9. The molecule has 0 radical (unpaired) electrons. The van der Waals surface area contributed by atoms with Crippen LogP contribution in [0.3, 0.4) is 0 Å². The van der Waals surface area contributed by atoms with Crippen LogP contribution in [0.25, 0.3) is 0 Å². The number of halogens is 2. The Labute approximate surface area is 131 Å². The van der Waals surface area contributed by atoms with Crippen LogP contribution in [0.2, 0.25) is 10.0 Å². The lowest BCUT2D eigenvalue weighted by Gasteiger charge is -2.45. The molecule has 0 spiro atoms. The molecule has 20 heavy (non-hydrogen) atoms. The van der Waals surface area contributed by atoms with Crippen LogP contribution < -0.4 is 5.73 Å². The van der Waals surface area contributed by atoms with E-state index in [1.54, 1.807) is 0 Å². The third-order valence-electron chi connectivity index (χ3n) is 4.37. The van der Waals surface area contributed by atoms with Gasteiger partial charge in [0.2, 0.25) is 0 Å². The first kappa shape index (κ1) is 16.1. The maximum Gasteiger partial charge on any atom is 0.0487 e. The van der Waals surface area contributed by atoms with E-state index in [1.165, 1.54) is 0 Å². The summed E-state index contributed by atoms with van der Waals surface area (Å²) >= 11 is 12.5. The Morgan fingerprint density at radius 2 is 1.85 bits per heavy atom. The zero-order valence-electron chi connectivity index (χ0n) is 12.3. The summed E-state index contributed by atoms with van der Waals surface area (Å²) in [6.45, 7) is 7.02. The molecule has 1 fully saturated rings. The van der Waals surface area contributed by atoms with Crippen LogP contribution in [0, 0.1) is 0 Å². The summed E-state index contributed by atoms with van der Waals surface area (Å²) < 4.78 is 0. The highest BCUT2D eigenvalue weighted by molar-refractivity contribution is 6.33. The molecule has 0 bridgehead atoms. The fourth-order valence-electron chi connectivity index (χ4n) is 2.94.